The van der Waals surface area contributed by atoms with Crippen LogP contribution in [0.25, 0.3) is 11.0 Å². The summed E-state index contributed by atoms with van der Waals surface area (Å²) in [5.74, 6) is 0.412. The Morgan fingerprint density at radius 1 is 1.38 bits per heavy atom. The number of benzene rings is 1. The third-order valence-corrected chi connectivity index (χ3v) is 3.94. The standard InChI is InChI=1S/C10H13N2O3P/c1-7(16(13,14)15)10-11-8-5-3-4-6-9(8)12(10)2/h3-7H,1-2H3,(H2,13,14,15). The summed E-state index contributed by atoms with van der Waals surface area (Å²) in [5, 5.41) is 0. The average Bonchev–Trinajstić information content (AvgIpc) is 2.54. The van der Waals surface area contributed by atoms with Crippen LogP contribution in [0.5, 0.6) is 0 Å². The molecule has 1 aromatic heterocycles. The fourth-order valence-electron chi connectivity index (χ4n) is 1.69. The predicted octanol–water partition coefficient (Wildman–Crippen LogP) is 1.81. The normalized spacial score (nSPS) is 14.2. The number of para-hydroxylation sites is 2. The van der Waals surface area contributed by atoms with Crippen LogP contribution in [0.1, 0.15) is 18.4 Å². The molecule has 0 spiro atoms. The number of aromatic nitrogens is 2. The van der Waals surface area contributed by atoms with Gasteiger partial charge in [-0.05, 0) is 19.1 Å². The Kier molecular flexibility index (Phi) is 2.62. The van der Waals surface area contributed by atoms with E-state index in [1.165, 1.54) is 6.92 Å². The van der Waals surface area contributed by atoms with Crippen molar-refractivity contribution in [3.8, 4) is 0 Å². The Morgan fingerprint density at radius 2 is 2.00 bits per heavy atom. The van der Waals surface area contributed by atoms with Crippen molar-refractivity contribution in [2.75, 3.05) is 0 Å². The maximum absolute atomic E-state index is 11.2. The number of imidazole rings is 1. The number of hydrogen-bond donors (Lipinski definition) is 2. The minimum Gasteiger partial charge on any atom is -0.330 e. The predicted molar refractivity (Wildman–Crippen MR) is 61.2 cm³/mol. The van der Waals surface area contributed by atoms with Crippen molar-refractivity contribution < 1.29 is 14.4 Å². The molecule has 2 rings (SSSR count). The molecule has 0 aliphatic rings. The van der Waals surface area contributed by atoms with Gasteiger partial charge in [0.15, 0.2) is 0 Å². The molecule has 0 aliphatic carbocycles. The highest BCUT2D eigenvalue weighted by molar-refractivity contribution is 7.52. The van der Waals surface area contributed by atoms with Crippen molar-refractivity contribution >= 4 is 18.6 Å². The molecule has 16 heavy (non-hydrogen) atoms. The van der Waals surface area contributed by atoms with Gasteiger partial charge in [0, 0.05) is 7.05 Å². The maximum Gasteiger partial charge on any atom is 0.335 e. The van der Waals surface area contributed by atoms with Gasteiger partial charge in [0.1, 0.15) is 11.5 Å². The molecule has 0 aliphatic heterocycles. The molecular formula is C10H13N2O3P. The Hall–Kier alpha value is -1.16. The molecule has 1 atom stereocenters. The lowest BCUT2D eigenvalue weighted by Gasteiger charge is -2.12. The van der Waals surface area contributed by atoms with E-state index < -0.39 is 13.3 Å². The van der Waals surface area contributed by atoms with Gasteiger partial charge in [-0.25, -0.2) is 4.98 Å². The minimum absolute atomic E-state index is 0.412. The lowest BCUT2D eigenvalue weighted by molar-refractivity contribution is 0.359. The summed E-state index contributed by atoms with van der Waals surface area (Å²) >= 11 is 0. The molecule has 86 valence electrons. The summed E-state index contributed by atoms with van der Waals surface area (Å²) in [6.45, 7) is 1.49. The first kappa shape index (κ1) is 11.3. The van der Waals surface area contributed by atoms with E-state index in [-0.39, 0.29) is 0 Å². The van der Waals surface area contributed by atoms with E-state index in [0.717, 1.165) is 11.0 Å². The van der Waals surface area contributed by atoms with Crippen LogP contribution in [-0.4, -0.2) is 19.3 Å². The molecule has 1 heterocycles. The SMILES string of the molecule is CC(c1nc2ccccc2n1C)P(=O)(O)O. The first-order valence-corrected chi connectivity index (χ1v) is 6.56. The third-order valence-electron chi connectivity index (χ3n) is 2.70. The fourth-order valence-corrected chi connectivity index (χ4v) is 2.22. The van der Waals surface area contributed by atoms with Crippen molar-refractivity contribution in [2.24, 2.45) is 7.05 Å². The molecule has 6 heteroatoms. The van der Waals surface area contributed by atoms with Crippen LogP contribution in [-0.2, 0) is 11.6 Å². The summed E-state index contributed by atoms with van der Waals surface area (Å²) in [4.78, 5) is 22.5. The van der Waals surface area contributed by atoms with Crippen molar-refractivity contribution in [3.05, 3.63) is 30.1 Å². The van der Waals surface area contributed by atoms with Gasteiger partial charge in [-0.3, -0.25) is 4.57 Å². The molecule has 1 aromatic carbocycles. The molecule has 0 amide bonds. The zero-order chi connectivity index (χ0) is 11.9. The van der Waals surface area contributed by atoms with Gasteiger partial charge in [-0.1, -0.05) is 12.1 Å². The minimum atomic E-state index is -4.14. The molecule has 0 saturated heterocycles. The van der Waals surface area contributed by atoms with Crippen molar-refractivity contribution in [2.45, 2.75) is 12.6 Å². The molecular weight excluding hydrogens is 227 g/mol. The molecule has 2 N–H and O–H groups in total. The highest BCUT2D eigenvalue weighted by Crippen LogP contribution is 2.51. The Labute approximate surface area is 92.9 Å². The van der Waals surface area contributed by atoms with Crippen LogP contribution in [0.3, 0.4) is 0 Å². The molecule has 0 saturated carbocycles. The molecule has 0 fully saturated rings. The van der Waals surface area contributed by atoms with E-state index in [0.29, 0.717) is 5.82 Å². The summed E-state index contributed by atoms with van der Waals surface area (Å²) in [7, 11) is -2.38. The topological polar surface area (TPSA) is 75.4 Å². The van der Waals surface area contributed by atoms with Crippen LogP contribution >= 0.6 is 7.60 Å². The van der Waals surface area contributed by atoms with Gasteiger partial charge in [0.2, 0.25) is 0 Å². The number of rotatable bonds is 2. The lowest BCUT2D eigenvalue weighted by Crippen LogP contribution is -2.03. The second-order valence-electron chi connectivity index (χ2n) is 3.78. The van der Waals surface area contributed by atoms with Crippen molar-refractivity contribution in [1.29, 1.82) is 0 Å². The third kappa shape index (κ3) is 1.78. The molecule has 0 radical (unpaired) electrons. The fraction of sp³-hybridized carbons (Fsp3) is 0.300. The van der Waals surface area contributed by atoms with Crippen molar-refractivity contribution in [1.82, 2.24) is 9.55 Å². The number of aryl methyl sites for hydroxylation is 1. The molecule has 1 unspecified atom stereocenters. The van der Waals surface area contributed by atoms with Crippen LogP contribution in [0.2, 0.25) is 0 Å². The number of nitrogens with zero attached hydrogens (tertiary/aromatic N) is 2. The molecule has 0 bridgehead atoms. The van der Waals surface area contributed by atoms with E-state index >= 15 is 0 Å². The summed E-state index contributed by atoms with van der Waals surface area (Å²) in [6.07, 6.45) is 0. The second kappa shape index (κ2) is 3.70. The van der Waals surface area contributed by atoms with Gasteiger partial charge in [-0.2, -0.15) is 0 Å². The smallest absolute Gasteiger partial charge is 0.330 e. The largest absolute Gasteiger partial charge is 0.335 e. The van der Waals surface area contributed by atoms with Crippen LogP contribution in [0.15, 0.2) is 24.3 Å². The summed E-state index contributed by atoms with van der Waals surface area (Å²) < 4.78 is 12.9. The van der Waals surface area contributed by atoms with E-state index in [1.807, 2.05) is 24.3 Å². The maximum atomic E-state index is 11.2. The van der Waals surface area contributed by atoms with Crippen LogP contribution < -0.4 is 0 Å². The second-order valence-corrected chi connectivity index (χ2v) is 5.74. The monoisotopic (exact) mass is 240 g/mol. The van der Waals surface area contributed by atoms with E-state index in [1.54, 1.807) is 11.6 Å². The van der Waals surface area contributed by atoms with E-state index in [2.05, 4.69) is 4.98 Å². The first-order valence-electron chi connectivity index (χ1n) is 4.88. The molecule has 5 nitrogen and oxygen atoms in total. The van der Waals surface area contributed by atoms with Gasteiger partial charge in [0.25, 0.3) is 0 Å². The quantitative estimate of drug-likeness (QED) is 0.785. The van der Waals surface area contributed by atoms with Gasteiger partial charge < -0.3 is 14.4 Å². The van der Waals surface area contributed by atoms with Gasteiger partial charge >= 0.3 is 7.60 Å². The van der Waals surface area contributed by atoms with Gasteiger partial charge in [0.05, 0.1) is 11.0 Å². The highest BCUT2D eigenvalue weighted by Gasteiger charge is 2.29. The Bertz CT molecular complexity index is 572. The van der Waals surface area contributed by atoms with Gasteiger partial charge in [-0.15, -0.1) is 0 Å². The first-order chi connectivity index (χ1) is 7.41. The van der Waals surface area contributed by atoms with Crippen LogP contribution in [0.4, 0.5) is 0 Å². The van der Waals surface area contributed by atoms with E-state index in [4.69, 9.17) is 9.79 Å². The lowest BCUT2D eigenvalue weighted by atomic mass is 10.3. The zero-order valence-electron chi connectivity index (χ0n) is 9.03. The van der Waals surface area contributed by atoms with E-state index in [9.17, 15) is 4.57 Å². The average molecular weight is 240 g/mol. The van der Waals surface area contributed by atoms with Crippen molar-refractivity contribution in [3.63, 3.8) is 0 Å². The van der Waals surface area contributed by atoms with Crippen LogP contribution in [0, 0.1) is 0 Å². The Balaban J connectivity index is 2.62. The Morgan fingerprint density at radius 3 is 2.56 bits per heavy atom. The molecule has 2 aromatic rings. The summed E-state index contributed by atoms with van der Waals surface area (Å²) in [5.41, 5.74) is 0.739. The number of fused-ring (bicyclic) bond motifs is 1. The highest BCUT2D eigenvalue weighted by atomic mass is 31.2. The summed E-state index contributed by atoms with van der Waals surface area (Å²) in [6, 6.07) is 7.42. The zero-order valence-corrected chi connectivity index (χ0v) is 9.93. The number of hydrogen-bond acceptors (Lipinski definition) is 2.